The van der Waals surface area contributed by atoms with E-state index in [2.05, 4.69) is 29.1 Å². The van der Waals surface area contributed by atoms with Gasteiger partial charge in [0.1, 0.15) is 0 Å². The van der Waals surface area contributed by atoms with Crippen LogP contribution >= 0.6 is 0 Å². The van der Waals surface area contributed by atoms with Crippen molar-refractivity contribution in [2.75, 3.05) is 19.8 Å². The van der Waals surface area contributed by atoms with E-state index in [1.54, 1.807) is 6.20 Å². The number of rotatable bonds is 5. The van der Waals surface area contributed by atoms with Crippen molar-refractivity contribution in [2.45, 2.75) is 25.6 Å². The Balaban J connectivity index is 1.76. The summed E-state index contributed by atoms with van der Waals surface area (Å²) in [6.45, 7) is 4.85. The number of likely N-dealkylation sites (N-methyl/N-ethyl adjacent to an activating group) is 1. The van der Waals surface area contributed by atoms with E-state index in [0.717, 1.165) is 18.8 Å². The summed E-state index contributed by atoms with van der Waals surface area (Å²) in [6.07, 6.45) is 3.32. The van der Waals surface area contributed by atoms with E-state index >= 15 is 0 Å². The molecular weight excluding hydrogens is 266 g/mol. The van der Waals surface area contributed by atoms with Crippen molar-refractivity contribution in [2.24, 2.45) is 0 Å². The number of aliphatic hydroxyl groups excluding tert-OH is 1. The number of aromatic nitrogens is 2. The van der Waals surface area contributed by atoms with Crippen molar-refractivity contribution in [1.82, 2.24) is 14.7 Å². The Hall–Kier alpha value is -1.69. The van der Waals surface area contributed by atoms with Crippen molar-refractivity contribution in [3.8, 4) is 5.69 Å². The molecule has 0 aliphatic carbocycles. The Morgan fingerprint density at radius 3 is 2.95 bits per heavy atom. The Morgan fingerprint density at radius 2 is 2.29 bits per heavy atom. The summed E-state index contributed by atoms with van der Waals surface area (Å²) in [5, 5.41) is 14.3. The molecule has 2 aromatic rings. The highest BCUT2D eigenvalue weighted by Crippen LogP contribution is 2.18. The van der Waals surface area contributed by atoms with E-state index in [-0.39, 0.29) is 12.1 Å². The van der Waals surface area contributed by atoms with Crippen LogP contribution in [0.2, 0.25) is 0 Å². The van der Waals surface area contributed by atoms with E-state index in [9.17, 15) is 5.11 Å². The van der Waals surface area contributed by atoms with Gasteiger partial charge in [-0.25, -0.2) is 4.68 Å². The van der Waals surface area contributed by atoms with Crippen LogP contribution < -0.4 is 0 Å². The second kappa shape index (κ2) is 6.39. The monoisotopic (exact) mass is 287 g/mol. The third kappa shape index (κ3) is 3.15. The second-order valence-corrected chi connectivity index (χ2v) is 5.36. The van der Waals surface area contributed by atoms with Gasteiger partial charge in [-0.2, -0.15) is 5.10 Å². The van der Waals surface area contributed by atoms with E-state index in [1.807, 2.05) is 29.1 Å². The summed E-state index contributed by atoms with van der Waals surface area (Å²) in [5.74, 6) is 0. The lowest BCUT2D eigenvalue weighted by molar-refractivity contribution is 0.0808. The van der Waals surface area contributed by atoms with Gasteiger partial charge < -0.3 is 9.84 Å². The molecular formula is C16H21N3O2. The number of hydrogen-bond donors (Lipinski definition) is 1. The van der Waals surface area contributed by atoms with Crippen LogP contribution in [0.1, 0.15) is 12.5 Å². The molecule has 5 heteroatoms. The van der Waals surface area contributed by atoms with Gasteiger partial charge in [-0.1, -0.05) is 19.1 Å². The highest BCUT2D eigenvalue weighted by Gasteiger charge is 2.30. The Bertz CT molecular complexity index is 571. The molecule has 112 valence electrons. The number of nitrogens with zero attached hydrogens (tertiary/aromatic N) is 3. The molecule has 21 heavy (non-hydrogen) atoms. The molecule has 1 aliphatic heterocycles. The molecule has 0 amide bonds. The predicted octanol–water partition coefficient (Wildman–Crippen LogP) is 1.45. The lowest BCUT2D eigenvalue weighted by Gasteiger charge is -2.28. The van der Waals surface area contributed by atoms with Crippen molar-refractivity contribution >= 4 is 0 Å². The second-order valence-electron chi connectivity index (χ2n) is 5.36. The van der Waals surface area contributed by atoms with Crippen molar-refractivity contribution in [3.05, 3.63) is 48.3 Å². The zero-order valence-corrected chi connectivity index (χ0v) is 12.2. The molecule has 0 radical (unpaired) electrons. The molecule has 1 aromatic carbocycles. The van der Waals surface area contributed by atoms with Crippen LogP contribution in [-0.2, 0) is 11.3 Å². The van der Waals surface area contributed by atoms with Crippen LogP contribution in [0.3, 0.4) is 0 Å². The van der Waals surface area contributed by atoms with Crippen LogP contribution in [0.25, 0.3) is 5.69 Å². The normalized spacial score (nSPS) is 22.0. The first-order valence-corrected chi connectivity index (χ1v) is 7.36. The summed E-state index contributed by atoms with van der Waals surface area (Å²) >= 11 is 0. The molecule has 0 unspecified atom stereocenters. The third-order valence-corrected chi connectivity index (χ3v) is 3.96. The average molecular weight is 287 g/mol. The maximum atomic E-state index is 9.99. The van der Waals surface area contributed by atoms with Gasteiger partial charge in [-0.3, -0.25) is 4.90 Å². The molecule has 1 aromatic heterocycles. The zero-order chi connectivity index (χ0) is 14.7. The van der Waals surface area contributed by atoms with Gasteiger partial charge in [0.15, 0.2) is 0 Å². The molecule has 0 spiro atoms. The first-order chi connectivity index (χ1) is 10.3. The fourth-order valence-corrected chi connectivity index (χ4v) is 2.80. The van der Waals surface area contributed by atoms with Crippen molar-refractivity contribution in [1.29, 1.82) is 0 Å². The summed E-state index contributed by atoms with van der Waals surface area (Å²) in [7, 11) is 0. The van der Waals surface area contributed by atoms with Gasteiger partial charge in [-0.15, -0.1) is 0 Å². The minimum absolute atomic E-state index is 0.0864. The fourth-order valence-electron chi connectivity index (χ4n) is 2.80. The molecule has 0 bridgehead atoms. The van der Waals surface area contributed by atoms with E-state index < -0.39 is 0 Å². The van der Waals surface area contributed by atoms with Gasteiger partial charge >= 0.3 is 0 Å². The van der Waals surface area contributed by atoms with Gasteiger partial charge in [0.05, 0.1) is 31.0 Å². The molecule has 1 N–H and O–H groups in total. The summed E-state index contributed by atoms with van der Waals surface area (Å²) < 4.78 is 7.22. The van der Waals surface area contributed by atoms with Crippen LogP contribution in [-0.4, -0.2) is 51.7 Å². The van der Waals surface area contributed by atoms with E-state index in [0.29, 0.717) is 13.2 Å². The fraction of sp³-hybridized carbons (Fsp3) is 0.438. The lowest BCUT2D eigenvalue weighted by atomic mass is 10.1. The minimum atomic E-state index is -0.390. The first-order valence-electron chi connectivity index (χ1n) is 7.36. The van der Waals surface area contributed by atoms with Gasteiger partial charge in [0, 0.05) is 18.9 Å². The largest absolute Gasteiger partial charge is 0.389 e. The molecule has 1 saturated heterocycles. The third-order valence-electron chi connectivity index (χ3n) is 3.96. The zero-order valence-electron chi connectivity index (χ0n) is 12.2. The average Bonchev–Trinajstić information content (AvgIpc) is 3.17. The van der Waals surface area contributed by atoms with E-state index in [1.165, 1.54) is 5.56 Å². The Kier molecular flexibility index (Phi) is 4.34. The molecule has 3 rings (SSSR count). The SMILES string of the molecule is CCN(Cc1cccc(-n2cccn2)c1)[C@H]1COC[C@@H]1O. The van der Waals surface area contributed by atoms with Crippen LogP contribution in [0.5, 0.6) is 0 Å². The Morgan fingerprint density at radius 1 is 1.38 bits per heavy atom. The van der Waals surface area contributed by atoms with Crippen LogP contribution in [0.4, 0.5) is 0 Å². The van der Waals surface area contributed by atoms with Crippen molar-refractivity contribution < 1.29 is 9.84 Å². The standard InChI is InChI=1S/C16H21N3O2/c1-2-18(15-11-21-12-16(15)20)10-13-5-3-6-14(9-13)19-8-4-7-17-19/h3-9,15-16,20H,2,10-12H2,1H3/t15-,16-/m0/s1. The summed E-state index contributed by atoms with van der Waals surface area (Å²) in [4.78, 5) is 2.26. The molecule has 2 atom stereocenters. The van der Waals surface area contributed by atoms with E-state index in [4.69, 9.17) is 4.74 Å². The topological polar surface area (TPSA) is 50.5 Å². The van der Waals surface area contributed by atoms with Crippen LogP contribution in [0.15, 0.2) is 42.7 Å². The maximum Gasteiger partial charge on any atom is 0.0950 e. The van der Waals surface area contributed by atoms with Gasteiger partial charge in [-0.05, 0) is 30.3 Å². The number of ether oxygens (including phenoxy) is 1. The number of aliphatic hydroxyl groups is 1. The van der Waals surface area contributed by atoms with Gasteiger partial charge in [0.2, 0.25) is 0 Å². The maximum absolute atomic E-state index is 9.99. The molecule has 5 nitrogen and oxygen atoms in total. The molecule has 2 heterocycles. The molecule has 0 saturated carbocycles. The predicted molar refractivity (Wildman–Crippen MR) is 80.3 cm³/mol. The van der Waals surface area contributed by atoms with Crippen molar-refractivity contribution in [3.63, 3.8) is 0 Å². The summed E-state index contributed by atoms with van der Waals surface area (Å²) in [5.41, 5.74) is 2.26. The minimum Gasteiger partial charge on any atom is -0.389 e. The summed E-state index contributed by atoms with van der Waals surface area (Å²) in [6, 6.07) is 10.3. The number of benzene rings is 1. The quantitative estimate of drug-likeness (QED) is 0.904. The highest BCUT2D eigenvalue weighted by atomic mass is 16.5. The highest BCUT2D eigenvalue weighted by molar-refractivity contribution is 5.35. The Labute approximate surface area is 124 Å². The molecule has 1 fully saturated rings. The van der Waals surface area contributed by atoms with Crippen LogP contribution in [0, 0.1) is 0 Å². The smallest absolute Gasteiger partial charge is 0.0950 e. The van der Waals surface area contributed by atoms with Gasteiger partial charge in [0.25, 0.3) is 0 Å². The lowest BCUT2D eigenvalue weighted by Crippen LogP contribution is -2.42. The first kappa shape index (κ1) is 14.3. The molecule has 1 aliphatic rings. The number of hydrogen-bond acceptors (Lipinski definition) is 4.